The summed E-state index contributed by atoms with van der Waals surface area (Å²) in [7, 11) is 3.13. The molecule has 0 saturated heterocycles. The first-order chi connectivity index (χ1) is 13.0. The molecular formula is C18H17N3O5S. The molecule has 0 aliphatic rings. The molecule has 0 spiro atoms. The highest BCUT2D eigenvalue weighted by atomic mass is 32.2. The minimum Gasteiger partial charge on any atom is -0.497 e. The summed E-state index contributed by atoms with van der Waals surface area (Å²) in [5.74, 6) is 1.56. The van der Waals surface area contributed by atoms with Crippen molar-refractivity contribution in [2.24, 2.45) is 0 Å². The lowest BCUT2D eigenvalue weighted by Crippen LogP contribution is -1.92. The Balaban J connectivity index is 1.80. The third-order valence-corrected chi connectivity index (χ3v) is 4.83. The van der Waals surface area contributed by atoms with Crippen molar-refractivity contribution < 1.29 is 18.8 Å². The van der Waals surface area contributed by atoms with Gasteiger partial charge in [-0.15, -0.1) is 10.2 Å². The molecule has 0 amide bonds. The van der Waals surface area contributed by atoms with E-state index in [2.05, 4.69) is 10.2 Å². The van der Waals surface area contributed by atoms with Crippen LogP contribution >= 0.6 is 11.8 Å². The third-order valence-electron chi connectivity index (χ3n) is 3.83. The smallest absolute Gasteiger partial charge is 0.277 e. The van der Waals surface area contributed by atoms with E-state index in [0.29, 0.717) is 28.2 Å². The van der Waals surface area contributed by atoms with E-state index in [0.717, 1.165) is 5.56 Å². The van der Waals surface area contributed by atoms with Crippen molar-refractivity contribution in [2.75, 3.05) is 14.2 Å². The summed E-state index contributed by atoms with van der Waals surface area (Å²) < 4.78 is 16.2. The van der Waals surface area contributed by atoms with E-state index < -0.39 is 4.92 Å². The van der Waals surface area contributed by atoms with Gasteiger partial charge in [0.05, 0.1) is 19.1 Å². The van der Waals surface area contributed by atoms with Gasteiger partial charge in [0.1, 0.15) is 11.5 Å². The molecule has 140 valence electrons. The van der Waals surface area contributed by atoms with Crippen LogP contribution in [-0.4, -0.2) is 29.3 Å². The molecule has 0 aliphatic heterocycles. The average Bonchev–Trinajstić information content (AvgIpc) is 3.16. The Labute approximate surface area is 159 Å². The second kappa shape index (κ2) is 8.09. The molecule has 3 rings (SSSR count). The minimum atomic E-state index is -0.415. The molecule has 1 aromatic heterocycles. The van der Waals surface area contributed by atoms with E-state index >= 15 is 0 Å². The lowest BCUT2D eigenvalue weighted by molar-refractivity contribution is -0.384. The molecule has 2 aromatic carbocycles. The summed E-state index contributed by atoms with van der Waals surface area (Å²) in [5.41, 5.74) is 1.53. The van der Waals surface area contributed by atoms with Crippen molar-refractivity contribution in [2.45, 2.75) is 17.4 Å². The standard InChI is InChI=1S/C18H17N3O5S/c1-11(12-5-4-6-14(7-12)21(22)23)27-18-20-19-17(26-18)13-8-15(24-2)10-16(9-13)25-3/h4-11H,1-3H3. The van der Waals surface area contributed by atoms with Gasteiger partial charge in [0.25, 0.3) is 10.9 Å². The summed E-state index contributed by atoms with van der Waals surface area (Å²) in [6, 6.07) is 11.8. The minimum absolute atomic E-state index is 0.0506. The highest BCUT2D eigenvalue weighted by molar-refractivity contribution is 7.99. The molecule has 0 fully saturated rings. The first-order valence-electron chi connectivity index (χ1n) is 7.98. The second-order valence-electron chi connectivity index (χ2n) is 5.59. The lowest BCUT2D eigenvalue weighted by Gasteiger charge is -2.08. The van der Waals surface area contributed by atoms with Gasteiger partial charge in [-0.3, -0.25) is 10.1 Å². The first kappa shape index (κ1) is 18.7. The lowest BCUT2D eigenvalue weighted by atomic mass is 10.1. The number of nitro groups is 1. The van der Waals surface area contributed by atoms with Gasteiger partial charge in [0.15, 0.2) is 0 Å². The van der Waals surface area contributed by atoms with E-state index in [1.165, 1.54) is 17.8 Å². The number of thioether (sulfide) groups is 1. The quantitative estimate of drug-likeness (QED) is 0.331. The number of aromatic nitrogens is 2. The zero-order valence-electron chi connectivity index (χ0n) is 14.9. The average molecular weight is 387 g/mol. The van der Waals surface area contributed by atoms with E-state index in [-0.39, 0.29) is 10.9 Å². The highest BCUT2D eigenvalue weighted by Gasteiger charge is 2.17. The van der Waals surface area contributed by atoms with Crippen LogP contribution in [0.5, 0.6) is 11.5 Å². The molecule has 9 heteroatoms. The van der Waals surface area contributed by atoms with Gasteiger partial charge in [-0.05, 0) is 24.6 Å². The molecule has 3 aromatic rings. The maximum absolute atomic E-state index is 10.9. The Morgan fingerprint density at radius 2 is 1.81 bits per heavy atom. The van der Waals surface area contributed by atoms with Crippen molar-refractivity contribution in [3.05, 3.63) is 58.1 Å². The largest absolute Gasteiger partial charge is 0.497 e. The van der Waals surface area contributed by atoms with Crippen LogP contribution in [0.1, 0.15) is 17.7 Å². The molecule has 0 bridgehead atoms. The van der Waals surface area contributed by atoms with Gasteiger partial charge in [-0.1, -0.05) is 23.9 Å². The molecule has 8 nitrogen and oxygen atoms in total. The zero-order chi connectivity index (χ0) is 19.4. The normalized spacial score (nSPS) is 11.8. The third kappa shape index (κ3) is 4.37. The first-order valence-corrected chi connectivity index (χ1v) is 8.86. The number of benzene rings is 2. The van der Waals surface area contributed by atoms with Gasteiger partial charge < -0.3 is 13.9 Å². The van der Waals surface area contributed by atoms with Gasteiger partial charge in [0.2, 0.25) is 5.89 Å². The summed E-state index contributed by atoms with van der Waals surface area (Å²) in [6.45, 7) is 1.92. The molecule has 1 atom stereocenters. The summed E-state index contributed by atoms with van der Waals surface area (Å²) in [4.78, 5) is 10.5. The summed E-state index contributed by atoms with van der Waals surface area (Å²) >= 11 is 1.33. The number of hydrogen-bond donors (Lipinski definition) is 0. The number of methoxy groups -OCH3 is 2. The zero-order valence-corrected chi connectivity index (χ0v) is 15.7. The number of nitrogens with zero attached hydrogens (tertiary/aromatic N) is 3. The Morgan fingerprint density at radius 3 is 2.44 bits per heavy atom. The Bertz CT molecular complexity index is 937. The number of non-ortho nitro benzene ring substituents is 1. The second-order valence-corrected chi connectivity index (χ2v) is 6.88. The predicted molar refractivity (Wildman–Crippen MR) is 100 cm³/mol. The van der Waals surface area contributed by atoms with Crippen LogP contribution in [0.2, 0.25) is 0 Å². The van der Waals surface area contributed by atoms with Gasteiger partial charge in [-0.2, -0.15) is 0 Å². The molecule has 0 aliphatic carbocycles. The summed E-state index contributed by atoms with van der Waals surface area (Å²) in [6.07, 6.45) is 0. The fourth-order valence-electron chi connectivity index (χ4n) is 2.42. The van der Waals surface area contributed by atoms with Crippen LogP contribution in [-0.2, 0) is 0 Å². The van der Waals surface area contributed by atoms with Crippen LogP contribution in [0.4, 0.5) is 5.69 Å². The monoisotopic (exact) mass is 387 g/mol. The van der Waals surface area contributed by atoms with Crippen molar-refractivity contribution in [3.8, 4) is 23.0 Å². The van der Waals surface area contributed by atoms with Crippen LogP contribution < -0.4 is 9.47 Å². The van der Waals surface area contributed by atoms with E-state index in [9.17, 15) is 10.1 Å². The SMILES string of the molecule is COc1cc(OC)cc(-c2nnc(SC(C)c3cccc([N+](=O)[O-])c3)o2)c1. The van der Waals surface area contributed by atoms with E-state index in [1.54, 1.807) is 44.6 Å². The Morgan fingerprint density at radius 1 is 1.11 bits per heavy atom. The van der Waals surface area contributed by atoms with Crippen LogP contribution in [0.25, 0.3) is 11.5 Å². The Hall–Kier alpha value is -3.07. The van der Waals surface area contributed by atoms with Crippen molar-refractivity contribution >= 4 is 17.4 Å². The van der Waals surface area contributed by atoms with Gasteiger partial charge >= 0.3 is 0 Å². The summed E-state index contributed by atoms with van der Waals surface area (Å²) in [5, 5.41) is 19.3. The van der Waals surface area contributed by atoms with Gasteiger partial charge in [-0.25, -0.2) is 0 Å². The van der Waals surface area contributed by atoms with Crippen LogP contribution in [0.15, 0.2) is 52.1 Å². The highest BCUT2D eigenvalue weighted by Crippen LogP contribution is 2.37. The van der Waals surface area contributed by atoms with Crippen molar-refractivity contribution in [1.29, 1.82) is 0 Å². The molecule has 0 saturated carbocycles. The van der Waals surface area contributed by atoms with Crippen molar-refractivity contribution in [3.63, 3.8) is 0 Å². The topological polar surface area (TPSA) is 101 Å². The van der Waals surface area contributed by atoms with Crippen molar-refractivity contribution in [1.82, 2.24) is 10.2 Å². The number of ether oxygens (including phenoxy) is 2. The number of hydrogen-bond acceptors (Lipinski definition) is 8. The molecule has 0 N–H and O–H groups in total. The van der Waals surface area contributed by atoms with Crippen LogP contribution in [0.3, 0.4) is 0 Å². The molecule has 27 heavy (non-hydrogen) atoms. The maximum Gasteiger partial charge on any atom is 0.277 e. The molecular weight excluding hydrogens is 370 g/mol. The Kier molecular flexibility index (Phi) is 5.60. The van der Waals surface area contributed by atoms with Crippen LogP contribution in [0, 0.1) is 10.1 Å². The number of nitro benzene ring substituents is 1. The van der Waals surface area contributed by atoms with Gasteiger partial charge in [0, 0.05) is 29.0 Å². The number of rotatable bonds is 7. The predicted octanol–water partition coefficient (Wildman–Crippen LogP) is 4.52. The molecule has 0 radical (unpaired) electrons. The fraction of sp³-hybridized carbons (Fsp3) is 0.222. The van der Waals surface area contributed by atoms with E-state index in [1.807, 2.05) is 13.0 Å². The fourth-order valence-corrected chi connectivity index (χ4v) is 3.22. The van der Waals surface area contributed by atoms with E-state index in [4.69, 9.17) is 13.9 Å². The molecule has 1 unspecified atom stereocenters. The molecule has 1 heterocycles. The maximum atomic E-state index is 10.9.